The van der Waals surface area contributed by atoms with Crippen molar-refractivity contribution in [2.45, 2.75) is 19.4 Å². The molecule has 1 atom stereocenters. The molecule has 1 unspecified atom stereocenters. The quantitative estimate of drug-likeness (QED) is 0.877. The van der Waals surface area contributed by atoms with E-state index in [0.29, 0.717) is 6.61 Å². The Morgan fingerprint density at radius 2 is 1.95 bits per heavy atom. The van der Waals surface area contributed by atoms with Gasteiger partial charge in [0, 0.05) is 6.20 Å². The third-order valence-electron chi connectivity index (χ3n) is 3.03. The van der Waals surface area contributed by atoms with E-state index in [0.717, 1.165) is 23.3 Å². The molecule has 0 fully saturated rings. The number of rotatable bonds is 6. The van der Waals surface area contributed by atoms with Gasteiger partial charge in [-0.25, -0.2) is 4.39 Å². The summed E-state index contributed by atoms with van der Waals surface area (Å²) in [5, 5.41) is 3.22. The van der Waals surface area contributed by atoms with Crippen molar-refractivity contribution in [3.8, 4) is 5.75 Å². The molecule has 1 heterocycles. The summed E-state index contributed by atoms with van der Waals surface area (Å²) in [4.78, 5) is 4.21. The fourth-order valence-corrected chi connectivity index (χ4v) is 2.07. The van der Waals surface area contributed by atoms with E-state index in [2.05, 4.69) is 17.2 Å². The van der Waals surface area contributed by atoms with Crippen molar-refractivity contribution < 1.29 is 9.13 Å². The van der Waals surface area contributed by atoms with Gasteiger partial charge in [-0.05, 0) is 42.8 Å². The van der Waals surface area contributed by atoms with Crippen LogP contribution in [0, 0.1) is 5.82 Å². The highest BCUT2D eigenvalue weighted by molar-refractivity contribution is 5.34. The summed E-state index contributed by atoms with van der Waals surface area (Å²) in [5.74, 6) is 0.522. The normalized spacial score (nSPS) is 12.2. The number of ether oxygens (including phenoxy) is 1. The maximum absolute atomic E-state index is 13.0. The minimum Gasteiger partial charge on any atom is -0.492 e. The molecule has 1 aromatic heterocycles. The Balaban J connectivity index is 2.24. The van der Waals surface area contributed by atoms with Crippen molar-refractivity contribution in [3.63, 3.8) is 0 Å². The van der Waals surface area contributed by atoms with Gasteiger partial charge in [0.1, 0.15) is 11.6 Å². The van der Waals surface area contributed by atoms with Crippen LogP contribution in [0.1, 0.15) is 30.5 Å². The number of nitrogens with one attached hydrogen (secondary N) is 1. The Morgan fingerprint density at radius 3 is 2.60 bits per heavy atom. The van der Waals surface area contributed by atoms with Crippen molar-refractivity contribution in [1.29, 1.82) is 0 Å². The second kappa shape index (κ2) is 7.01. The van der Waals surface area contributed by atoms with E-state index in [4.69, 9.17) is 4.74 Å². The van der Waals surface area contributed by atoms with Gasteiger partial charge in [0.05, 0.1) is 18.8 Å². The number of halogens is 1. The summed E-state index contributed by atoms with van der Waals surface area (Å²) >= 11 is 0. The maximum atomic E-state index is 13.0. The van der Waals surface area contributed by atoms with Gasteiger partial charge in [0.15, 0.2) is 0 Å². The molecule has 20 heavy (non-hydrogen) atoms. The van der Waals surface area contributed by atoms with Crippen molar-refractivity contribution in [2.24, 2.45) is 0 Å². The minimum absolute atomic E-state index is 0.0340. The van der Waals surface area contributed by atoms with Crippen LogP contribution in [0.25, 0.3) is 0 Å². The van der Waals surface area contributed by atoms with E-state index in [1.54, 1.807) is 24.5 Å². The van der Waals surface area contributed by atoms with Gasteiger partial charge in [-0.2, -0.15) is 0 Å². The summed E-state index contributed by atoms with van der Waals surface area (Å²) in [6, 6.07) is 8.40. The van der Waals surface area contributed by atoms with E-state index >= 15 is 0 Å². The molecular weight excluding hydrogens is 255 g/mol. The van der Waals surface area contributed by atoms with Crippen LogP contribution in [0.15, 0.2) is 42.7 Å². The van der Waals surface area contributed by atoms with Crippen molar-refractivity contribution in [2.75, 3.05) is 13.7 Å². The summed E-state index contributed by atoms with van der Waals surface area (Å²) in [5.41, 5.74) is 1.98. The van der Waals surface area contributed by atoms with Gasteiger partial charge in [0.2, 0.25) is 0 Å². The van der Waals surface area contributed by atoms with E-state index in [9.17, 15) is 4.39 Å². The molecule has 0 amide bonds. The van der Waals surface area contributed by atoms with Crippen LogP contribution >= 0.6 is 0 Å². The highest BCUT2D eigenvalue weighted by Crippen LogP contribution is 2.24. The number of benzene rings is 1. The fraction of sp³-hybridized carbons (Fsp3) is 0.312. The summed E-state index contributed by atoms with van der Waals surface area (Å²) in [7, 11) is 1.87. The first-order valence-corrected chi connectivity index (χ1v) is 6.75. The predicted molar refractivity (Wildman–Crippen MR) is 77.3 cm³/mol. The molecule has 0 saturated carbocycles. The number of hydrogen-bond acceptors (Lipinski definition) is 3. The molecule has 0 radical (unpaired) electrons. The molecule has 2 aromatic rings. The summed E-state index contributed by atoms with van der Waals surface area (Å²) in [6.07, 6.45) is 4.46. The van der Waals surface area contributed by atoms with Crippen LogP contribution in [0.4, 0.5) is 4.39 Å². The van der Waals surface area contributed by atoms with Crippen LogP contribution in [0.2, 0.25) is 0 Å². The lowest BCUT2D eigenvalue weighted by Crippen LogP contribution is -2.18. The zero-order chi connectivity index (χ0) is 14.4. The van der Waals surface area contributed by atoms with Crippen LogP contribution in [-0.4, -0.2) is 18.6 Å². The smallest absolute Gasteiger partial charge is 0.137 e. The zero-order valence-electron chi connectivity index (χ0n) is 11.8. The number of hydrogen-bond donors (Lipinski definition) is 1. The SMILES string of the molecule is CCCOc1cncc(C(NC)c2ccc(F)cc2)c1. The Hall–Kier alpha value is -1.94. The summed E-state index contributed by atoms with van der Waals surface area (Å²) < 4.78 is 18.6. The van der Waals surface area contributed by atoms with E-state index in [-0.39, 0.29) is 11.9 Å². The second-order valence-corrected chi connectivity index (χ2v) is 4.58. The maximum Gasteiger partial charge on any atom is 0.137 e. The van der Waals surface area contributed by atoms with Crippen LogP contribution in [0.5, 0.6) is 5.75 Å². The van der Waals surface area contributed by atoms with Gasteiger partial charge in [-0.3, -0.25) is 4.98 Å². The molecule has 0 bridgehead atoms. The largest absolute Gasteiger partial charge is 0.492 e. The highest BCUT2D eigenvalue weighted by Gasteiger charge is 2.13. The van der Waals surface area contributed by atoms with E-state index in [1.165, 1.54) is 12.1 Å². The van der Waals surface area contributed by atoms with E-state index in [1.807, 2.05) is 13.1 Å². The Morgan fingerprint density at radius 1 is 1.20 bits per heavy atom. The lowest BCUT2D eigenvalue weighted by atomic mass is 10.0. The van der Waals surface area contributed by atoms with Gasteiger partial charge in [0.25, 0.3) is 0 Å². The fourth-order valence-electron chi connectivity index (χ4n) is 2.07. The van der Waals surface area contributed by atoms with Crippen molar-refractivity contribution >= 4 is 0 Å². The van der Waals surface area contributed by atoms with Gasteiger partial charge in [-0.1, -0.05) is 19.1 Å². The van der Waals surface area contributed by atoms with Crippen molar-refractivity contribution in [3.05, 3.63) is 59.7 Å². The molecule has 1 N–H and O–H groups in total. The lowest BCUT2D eigenvalue weighted by Gasteiger charge is -2.17. The lowest BCUT2D eigenvalue weighted by molar-refractivity contribution is 0.315. The van der Waals surface area contributed by atoms with Crippen LogP contribution < -0.4 is 10.1 Å². The molecular formula is C16H19FN2O. The van der Waals surface area contributed by atoms with E-state index < -0.39 is 0 Å². The molecule has 0 aliphatic heterocycles. The van der Waals surface area contributed by atoms with Gasteiger partial charge < -0.3 is 10.1 Å². The molecule has 4 heteroatoms. The summed E-state index contributed by atoms with van der Waals surface area (Å²) in [6.45, 7) is 2.73. The molecule has 106 valence electrons. The molecule has 3 nitrogen and oxygen atoms in total. The Kier molecular flexibility index (Phi) is 5.07. The third kappa shape index (κ3) is 3.54. The number of nitrogens with zero attached hydrogens (tertiary/aromatic N) is 1. The average molecular weight is 274 g/mol. The molecule has 0 aliphatic rings. The highest BCUT2D eigenvalue weighted by atomic mass is 19.1. The average Bonchev–Trinajstić information content (AvgIpc) is 2.48. The molecule has 0 aliphatic carbocycles. The third-order valence-corrected chi connectivity index (χ3v) is 3.03. The van der Waals surface area contributed by atoms with Gasteiger partial charge >= 0.3 is 0 Å². The second-order valence-electron chi connectivity index (χ2n) is 4.58. The molecule has 0 spiro atoms. The van der Waals surface area contributed by atoms with Crippen LogP contribution in [-0.2, 0) is 0 Å². The Bertz CT molecular complexity index is 542. The molecule has 0 saturated heterocycles. The predicted octanol–water partition coefficient (Wildman–Crippen LogP) is 3.32. The Labute approximate surface area is 118 Å². The first-order chi connectivity index (χ1) is 9.74. The first-order valence-electron chi connectivity index (χ1n) is 6.75. The molecule has 1 aromatic carbocycles. The number of aromatic nitrogens is 1. The zero-order valence-corrected chi connectivity index (χ0v) is 11.8. The topological polar surface area (TPSA) is 34.1 Å². The first kappa shape index (κ1) is 14.5. The standard InChI is InChI=1S/C16H19FN2O/c1-3-8-20-15-9-13(10-19-11-15)16(18-2)12-4-6-14(17)7-5-12/h4-7,9-11,16,18H,3,8H2,1-2H3. The molecule has 2 rings (SSSR count). The minimum atomic E-state index is -0.234. The van der Waals surface area contributed by atoms with Crippen LogP contribution in [0.3, 0.4) is 0 Å². The van der Waals surface area contributed by atoms with Gasteiger partial charge in [-0.15, -0.1) is 0 Å². The number of pyridine rings is 1. The van der Waals surface area contributed by atoms with Crippen molar-refractivity contribution in [1.82, 2.24) is 10.3 Å². The monoisotopic (exact) mass is 274 g/mol.